The number of amides is 1. The molecule has 0 unspecified atom stereocenters. The van der Waals surface area contributed by atoms with E-state index in [-0.39, 0.29) is 17.8 Å². The number of aliphatic carboxylic acids is 1. The molecule has 1 fully saturated rings. The molecule has 1 N–H and O–H groups in total. The molecule has 1 aliphatic rings. The van der Waals surface area contributed by atoms with Gasteiger partial charge in [0.2, 0.25) is 0 Å². The average Bonchev–Trinajstić information content (AvgIpc) is 3.06. The number of likely N-dealkylation sites (tertiary alicyclic amines) is 1. The highest BCUT2D eigenvalue weighted by Gasteiger charge is 2.44. The summed E-state index contributed by atoms with van der Waals surface area (Å²) in [6.45, 7) is -0.121. The Morgan fingerprint density at radius 1 is 1.22 bits per heavy atom. The molecule has 3 rings (SSSR count). The van der Waals surface area contributed by atoms with Gasteiger partial charge in [-0.25, -0.2) is 9.07 Å². The van der Waals surface area contributed by atoms with E-state index in [0.717, 1.165) is 17.0 Å². The lowest BCUT2D eigenvalue weighted by Crippen LogP contribution is -2.43. The minimum absolute atomic E-state index is 0.104. The topological polar surface area (TPSA) is 88.3 Å². The van der Waals surface area contributed by atoms with Gasteiger partial charge in [-0.05, 0) is 25.0 Å². The van der Waals surface area contributed by atoms with Gasteiger partial charge in [0.25, 0.3) is 5.91 Å². The van der Waals surface area contributed by atoms with Gasteiger partial charge >= 0.3 is 12.1 Å². The smallest absolute Gasteiger partial charge is 0.435 e. The summed E-state index contributed by atoms with van der Waals surface area (Å²) in [5.74, 6) is -4.04. The van der Waals surface area contributed by atoms with Crippen LogP contribution in [0.4, 0.5) is 17.6 Å². The molecule has 27 heavy (non-hydrogen) atoms. The molecular weight excluding hydrogens is 372 g/mol. The van der Waals surface area contributed by atoms with Crippen LogP contribution in [-0.4, -0.2) is 50.0 Å². The van der Waals surface area contributed by atoms with Gasteiger partial charge in [-0.2, -0.15) is 13.2 Å². The van der Waals surface area contributed by atoms with Crippen LogP contribution in [-0.2, 0) is 11.0 Å². The van der Waals surface area contributed by atoms with E-state index in [1.807, 2.05) is 0 Å². The molecule has 0 spiro atoms. The van der Waals surface area contributed by atoms with E-state index in [2.05, 4.69) is 10.3 Å². The van der Waals surface area contributed by atoms with Crippen LogP contribution in [0, 0.1) is 11.7 Å². The molecule has 2 heterocycles. The molecule has 0 aliphatic carbocycles. The lowest BCUT2D eigenvalue weighted by molar-refractivity contribution is -0.144. The van der Waals surface area contributed by atoms with E-state index >= 15 is 0 Å². The molecule has 7 nitrogen and oxygen atoms in total. The van der Waals surface area contributed by atoms with Crippen LogP contribution in [0.1, 0.15) is 29.0 Å². The highest BCUT2D eigenvalue weighted by atomic mass is 19.4. The SMILES string of the molecule is O=C(O)[C@H]1CCCN(C(=O)c2nnn(-c3ccccc3F)c2C(F)(F)F)C1. The zero-order valence-electron chi connectivity index (χ0n) is 13.8. The van der Waals surface area contributed by atoms with Gasteiger partial charge in [0.1, 0.15) is 11.5 Å². The third-order valence-corrected chi connectivity index (χ3v) is 4.28. The van der Waals surface area contributed by atoms with Crippen molar-refractivity contribution in [3.8, 4) is 5.69 Å². The van der Waals surface area contributed by atoms with Gasteiger partial charge in [-0.3, -0.25) is 9.59 Å². The molecule has 1 atom stereocenters. The summed E-state index contributed by atoms with van der Waals surface area (Å²) in [6.07, 6.45) is -4.36. The Labute approximate surface area is 150 Å². The second-order valence-corrected chi connectivity index (χ2v) is 6.08. The van der Waals surface area contributed by atoms with Gasteiger partial charge in [0, 0.05) is 13.1 Å². The highest BCUT2D eigenvalue weighted by molar-refractivity contribution is 5.94. The summed E-state index contributed by atoms with van der Waals surface area (Å²) in [7, 11) is 0. The normalized spacial score (nSPS) is 17.8. The van der Waals surface area contributed by atoms with E-state index in [1.165, 1.54) is 12.1 Å². The van der Waals surface area contributed by atoms with E-state index in [4.69, 9.17) is 5.11 Å². The number of halogens is 4. The standard InChI is InChI=1S/C16H14F4N4O3/c17-10-5-1-2-6-11(10)24-13(16(18,19)20)12(21-22-24)14(25)23-7-3-4-9(8-23)15(26)27/h1-2,5-6,9H,3-4,7-8H2,(H,26,27)/t9-/m0/s1. The molecule has 0 saturated carbocycles. The Kier molecular flexibility index (Phi) is 4.85. The summed E-state index contributed by atoms with van der Waals surface area (Å²) < 4.78 is 55.0. The molecule has 1 aromatic heterocycles. The molecule has 1 aliphatic heterocycles. The maximum Gasteiger partial charge on any atom is 0.435 e. The number of hydrogen-bond acceptors (Lipinski definition) is 4. The molecule has 0 bridgehead atoms. The maximum absolute atomic E-state index is 13.9. The number of carbonyl (C=O) groups excluding carboxylic acids is 1. The molecular formula is C16H14F4N4O3. The van der Waals surface area contributed by atoms with Gasteiger partial charge in [0.05, 0.1) is 5.92 Å². The van der Waals surface area contributed by atoms with E-state index in [9.17, 15) is 27.2 Å². The third kappa shape index (κ3) is 3.62. The fourth-order valence-electron chi connectivity index (χ4n) is 2.99. The molecule has 2 aromatic rings. The number of hydrogen-bond donors (Lipinski definition) is 1. The minimum atomic E-state index is -5.03. The van der Waals surface area contributed by atoms with Crippen molar-refractivity contribution in [2.75, 3.05) is 13.1 Å². The number of carbonyl (C=O) groups is 2. The Hall–Kier alpha value is -2.98. The minimum Gasteiger partial charge on any atom is -0.481 e. The quantitative estimate of drug-likeness (QED) is 0.819. The second kappa shape index (κ2) is 6.97. The Morgan fingerprint density at radius 2 is 1.93 bits per heavy atom. The number of carboxylic acids is 1. The van der Waals surface area contributed by atoms with Crippen LogP contribution in [0.15, 0.2) is 24.3 Å². The van der Waals surface area contributed by atoms with Crippen molar-refractivity contribution in [2.45, 2.75) is 19.0 Å². The van der Waals surface area contributed by atoms with E-state index in [1.54, 1.807) is 0 Å². The zero-order chi connectivity index (χ0) is 19.8. The Bertz CT molecular complexity index is 881. The predicted octanol–water partition coefficient (Wildman–Crippen LogP) is 2.36. The molecule has 1 amide bonds. The van der Waals surface area contributed by atoms with E-state index < -0.39 is 46.9 Å². The van der Waals surface area contributed by atoms with Crippen LogP contribution in [0.2, 0.25) is 0 Å². The lowest BCUT2D eigenvalue weighted by Gasteiger charge is -2.30. The summed E-state index contributed by atoms with van der Waals surface area (Å²) in [6, 6.07) is 4.66. The average molecular weight is 386 g/mol. The summed E-state index contributed by atoms with van der Waals surface area (Å²) in [5.41, 5.74) is -3.00. The van der Waals surface area contributed by atoms with Crippen LogP contribution in [0.3, 0.4) is 0 Å². The molecule has 0 radical (unpaired) electrons. The lowest BCUT2D eigenvalue weighted by atomic mass is 9.98. The van der Waals surface area contributed by atoms with Gasteiger partial charge < -0.3 is 10.0 Å². The first kappa shape index (κ1) is 18.8. The summed E-state index contributed by atoms with van der Waals surface area (Å²) >= 11 is 0. The number of piperidine rings is 1. The molecule has 144 valence electrons. The largest absolute Gasteiger partial charge is 0.481 e. The van der Waals surface area contributed by atoms with Gasteiger partial charge in [-0.1, -0.05) is 17.3 Å². The number of alkyl halides is 3. The fourth-order valence-corrected chi connectivity index (χ4v) is 2.99. The second-order valence-electron chi connectivity index (χ2n) is 6.08. The number of para-hydroxylation sites is 1. The van der Waals surface area contributed by atoms with Crippen LogP contribution in [0.5, 0.6) is 0 Å². The van der Waals surface area contributed by atoms with Crippen molar-refractivity contribution in [3.05, 3.63) is 41.5 Å². The number of carboxylic acid groups (broad SMARTS) is 1. The van der Waals surface area contributed by atoms with Crippen LogP contribution < -0.4 is 0 Å². The van der Waals surface area contributed by atoms with Crippen molar-refractivity contribution in [1.82, 2.24) is 19.9 Å². The Balaban J connectivity index is 2.02. The van der Waals surface area contributed by atoms with Crippen LogP contribution >= 0.6 is 0 Å². The van der Waals surface area contributed by atoms with Gasteiger partial charge in [0.15, 0.2) is 11.4 Å². The molecule has 11 heteroatoms. The van der Waals surface area contributed by atoms with Crippen molar-refractivity contribution in [2.24, 2.45) is 5.92 Å². The summed E-state index contributed by atoms with van der Waals surface area (Å²) in [4.78, 5) is 24.7. The van der Waals surface area contributed by atoms with Crippen molar-refractivity contribution in [1.29, 1.82) is 0 Å². The Morgan fingerprint density at radius 3 is 2.56 bits per heavy atom. The van der Waals surface area contributed by atoms with Crippen molar-refractivity contribution in [3.63, 3.8) is 0 Å². The zero-order valence-corrected chi connectivity index (χ0v) is 13.8. The predicted molar refractivity (Wildman–Crippen MR) is 82.6 cm³/mol. The summed E-state index contributed by atoms with van der Waals surface area (Å²) in [5, 5.41) is 15.7. The number of aromatic nitrogens is 3. The monoisotopic (exact) mass is 386 g/mol. The molecule has 1 saturated heterocycles. The first-order chi connectivity index (χ1) is 12.7. The number of benzene rings is 1. The van der Waals surface area contributed by atoms with Gasteiger partial charge in [-0.15, -0.1) is 5.10 Å². The number of nitrogens with zero attached hydrogens (tertiary/aromatic N) is 4. The third-order valence-electron chi connectivity index (χ3n) is 4.28. The van der Waals surface area contributed by atoms with Crippen molar-refractivity contribution < 1.29 is 32.3 Å². The van der Waals surface area contributed by atoms with E-state index in [0.29, 0.717) is 12.8 Å². The van der Waals surface area contributed by atoms with Crippen molar-refractivity contribution >= 4 is 11.9 Å². The first-order valence-corrected chi connectivity index (χ1v) is 8.00. The number of rotatable bonds is 3. The molecule has 1 aromatic carbocycles. The fraction of sp³-hybridized carbons (Fsp3) is 0.375. The van der Waals surface area contributed by atoms with Crippen LogP contribution in [0.25, 0.3) is 5.69 Å². The first-order valence-electron chi connectivity index (χ1n) is 8.00. The highest BCUT2D eigenvalue weighted by Crippen LogP contribution is 2.34. The maximum atomic E-state index is 13.9.